The van der Waals surface area contributed by atoms with Crippen LogP contribution in [-0.2, 0) is 4.79 Å². The van der Waals surface area contributed by atoms with Crippen molar-refractivity contribution in [2.75, 3.05) is 14.1 Å². The van der Waals surface area contributed by atoms with E-state index in [0.29, 0.717) is 0 Å². The number of halogens is 1. The number of rotatable bonds is 3. The molecule has 4 nitrogen and oxygen atoms in total. The number of amides is 1. The lowest BCUT2D eigenvalue weighted by Crippen LogP contribution is -2.22. The van der Waals surface area contributed by atoms with Crippen LogP contribution >= 0.6 is 22.6 Å². The summed E-state index contributed by atoms with van der Waals surface area (Å²) in [6, 6.07) is 10.3. The highest BCUT2D eigenvalue weighted by Crippen LogP contribution is 2.25. The molecule has 0 aliphatic heterocycles. The average Bonchev–Trinajstić information content (AvgIpc) is 2.81. The Kier molecular flexibility index (Phi) is 5.50. The van der Waals surface area contributed by atoms with Gasteiger partial charge in [0, 0.05) is 34.7 Å². The van der Waals surface area contributed by atoms with Crippen molar-refractivity contribution in [3.05, 3.63) is 55.9 Å². The minimum Gasteiger partial charge on any atom is -0.344 e. The Bertz CT molecular complexity index is 869. The van der Waals surface area contributed by atoms with Gasteiger partial charge in [0.2, 0.25) is 0 Å². The maximum absolute atomic E-state index is 12.1. The summed E-state index contributed by atoms with van der Waals surface area (Å²) < 4.78 is 3.37. The molecule has 0 aliphatic rings. The fourth-order valence-electron chi connectivity index (χ4n) is 2.64. The summed E-state index contributed by atoms with van der Waals surface area (Å²) in [5.74, 6) is -0.285. The van der Waals surface area contributed by atoms with Gasteiger partial charge in [0.05, 0.1) is 0 Å². The van der Waals surface area contributed by atoms with E-state index in [0.717, 1.165) is 22.6 Å². The Labute approximate surface area is 156 Å². The Morgan fingerprint density at radius 1 is 1.25 bits per heavy atom. The van der Waals surface area contributed by atoms with Gasteiger partial charge in [0.25, 0.3) is 5.91 Å². The van der Waals surface area contributed by atoms with E-state index < -0.39 is 0 Å². The third kappa shape index (κ3) is 3.54. The molecule has 0 saturated heterocycles. The minimum absolute atomic E-state index is 0.138. The van der Waals surface area contributed by atoms with E-state index in [1.165, 1.54) is 14.0 Å². The van der Waals surface area contributed by atoms with E-state index in [2.05, 4.69) is 52.3 Å². The summed E-state index contributed by atoms with van der Waals surface area (Å²) in [5.41, 5.74) is 5.40. The van der Waals surface area contributed by atoms with Crippen molar-refractivity contribution in [1.29, 1.82) is 5.26 Å². The SMILES string of the molecule is Cc1cc(-n2c(C)cc(/C=C(/C#N)C(=O)N(C)C)c2C)ccc1I. The van der Waals surface area contributed by atoms with Gasteiger partial charge in [-0.15, -0.1) is 0 Å². The Morgan fingerprint density at radius 3 is 2.46 bits per heavy atom. The Hall–Kier alpha value is -2.07. The molecule has 0 N–H and O–H groups in total. The number of carbonyl (C=O) groups excluding carboxylic acids is 1. The molecule has 2 aromatic rings. The molecule has 0 aliphatic carbocycles. The van der Waals surface area contributed by atoms with Crippen molar-refractivity contribution < 1.29 is 4.79 Å². The second-order valence-electron chi connectivity index (χ2n) is 5.96. The van der Waals surface area contributed by atoms with E-state index >= 15 is 0 Å². The van der Waals surface area contributed by atoms with Gasteiger partial charge in [-0.2, -0.15) is 5.26 Å². The summed E-state index contributed by atoms with van der Waals surface area (Å²) in [7, 11) is 3.29. The van der Waals surface area contributed by atoms with Gasteiger partial charge in [-0.25, -0.2) is 0 Å². The van der Waals surface area contributed by atoms with Crippen LogP contribution < -0.4 is 0 Å². The smallest absolute Gasteiger partial charge is 0.264 e. The van der Waals surface area contributed by atoms with Crippen LogP contribution in [0.4, 0.5) is 0 Å². The maximum atomic E-state index is 12.1. The van der Waals surface area contributed by atoms with E-state index in [-0.39, 0.29) is 11.5 Å². The summed E-state index contributed by atoms with van der Waals surface area (Å²) in [5, 5.41) is 9.28. The number of aromatic nitrogens is 1. The molecule has 0 unspecified atom stereocenters. The number of hydrogen-bond acceptors (Lipinski definition) is 2. The van der Waals surface area contributed by atoms with Gasteiger partial charge in [0.1, 0.15) is 11.6 Å². The number of carbonyl (C=O) groups is 1. The van der Waals surface area contributed by atoms with Gasteiger partial charge < -0.3 is 9.47 Å². The van der Waals surface area contributed by atoms with Crippen molar-refractivity contribution in [2.45, 2.75) is 20.8 Å². The van der Waals surface area contributed by atoms with E-state index in [1.54, 1.807) is 20.2 Å². The summed E-state index contributed by atoms with van der Waals surface area (Å²) in [6.07, 6.45) is 1.67. The molecule has 0 fully saturated rings. The van der Waals surface area contributed by atoms with Crippen molar-refractivity contribution in [3.8, 4) is 11.8 Å². The number of nitrogens with zero attached hydrogens (tertiary/aromatic N) is 3. The number of aryl methyl sites for hydroxylation is 2. The third-order valence-electron chi connectivity index (χ3n) is 3.93. The second-order valence-corrected chi connectivity index (χ2v) is 7.13. The van der Waals surface area contributed by atoms with Gasteiger partial charge in [0.15, 0.2) is 0 Å². The summed E-state index contributed by atoms with van der Waals surface area (Å²) >= 11 is 2.32. The molecule has 0 bridgehead atoms. The van der Waals surface area contributed by atoms with Gasteiger partial charge in [-0.3, -0.25) is 4.79 Å². The van der Waals surface area contributed by atoms with Crippen LogP contribution in [0, 0.1) is 35.7 Å². The van der Waals surface area contributed by atoms with Crippen LogP contribution in [0.2, 0.25) is 0 Å². The molecule has 1 aromatic carbocycles. The van der Waals surface area contributed by atoms with Crippen LogP contribution in [-0.4, -0.2) is 29.5 Å². The van der Waals surface area contributed by atoms with Gasteiger partial charge in [-0.05, 0) is 84.8 Å². The van der Waals surface area contributed by atoms with Gasteiger partial charge in [-0.1, -0.05) is 0 Å². The molecule has 2 rings (SSSR count). The quantitative estimate of drug-likeness (QED) is 0.418. The zero-order chi connectivity index (χ0) is 18.0. The number of benzene rings is 1. The molecule has 0 atom stereocenters. The molecule has 0 saturated carbocycles. The maximum Gasteiger partial charge on any atom is 0.264 e. The molecule has 1 heterocycles. The van der Waals surface area contributed by atoms with Crippen molar-refractivity contribution >= 4 is 34.6 Å². The van der Waals surface area contributed by atoms with Crippen LogP contribution in [0.25, 0.3) is 11.8 Å². The van der Waals surface area contributed by atoms with Crippen molar-refractivity contribution in [2.24, 2.45) is 0 Å². The molecular weight excluding hydrogens is 413 g/mol. The molecule has 24 heavy (non-hydrogen) atoms. The van der Waals surface area contributed by atoms with E-state index in [4.69, 9.17) is 0 Å². The van der Waals surface area contributed by atoms with Crippen LogP contribution in [0.5, 0.6) is 0 Å². The number of nitriles is 1. The van der Waals surface area contributed by atoms with Crippen LogP contribution in [0.1, 0.15) is 22.5 Å². The lowest BCUT2D eigenvalue weighted by molar-refractivity contribution is -0.124. The van der Waals surface area contributed by atoms with Crippen LogP contribution in [0.3, 0.4) is 0 Å². The fraction of sp³-hybridized carbons (Fsp3) is 0.263. The molecule has 0 radical (unpaired) electrons. The van der Waals surface area contributed by atoms with Crippen LogP contribution in [0.15, 0.2) is 29.8 Å². The Morgan fingerprint density at radius 2 is 1.92 bits per heavy atom. The van der Waals surface area contributed by atoms with Crippen molar-refractivity contribution in [1.82, 2.24) is 9.47 Å². The normalized spacial score (nSPS) is 11.3. The first kappa shape index (κ1) is 18.3. The van der Waals surface area contributed by atoms with E-state index in [1.807, 2.05) is 26.0 Å². The lowest BCUT2D eigenvalue weighted by atomic mass is 10.1. The highest BCUT2D eigenvalue weighted by Gasteiger charge is 2.15. The predicted octanol–water partition coefficient (Wildman–Crippen LogP) is 4.00. The largest absolute Gasteiger partial charge is 0.344 e. The minimum atomic E-state index is -0.285. The summed E-state index contributed by atoms with van der Waals surface area (Å²) in [4.78, 5) is 13.5. The van der Waals surface area contributed by atoms with E-state index in [9.17, 15) is 10.1 Å². The highest BCUT2D eigenvalue weighted by atomic mass is 127. The topological polar surface area (TPSA) is 49.0 Å². The number of likely N-dealkylation sites (N-methyl/N-ethyl adjacent to an activating group) is 1. The monoisotopic (exact) mass is 433 g/mol. The predicted molar refractivity (Wildman–Crippen MR) is 105 cm³/mol. The first-order valence-corrected chi connectivity index (χ1v) is 8.63. The fourth-order valence-corrected chi connectivity index (χ4v) is 2.97. The first-order valence-electron chi connectivity index (χ1n) is 7.55. The molecule has 1 aromatic heterocycles. The summed E-state index contributed by atoms with van der Waals surface area (Å²) in [6.45, 7) is 6.11. The third-order valence-corrected chi connectivity index (χ3v) is 5.14. The number of hydrogen-bond donors (Lipinski definition) is 0. The average molecular weight is 433 g/mol. The standard InChI is InChI=1S/C19H20IN3O/c1-12-8-17(6-7-18(12)20)23-13(2)9-15(14(23)3)10-16(11-21)19(24)22(4)5/h6-10H,1-5H3/b16-10-. The molecule has 0 spiro atoms. The Balaban J connectivity index is 2.55. The lowest BCUT2D eigenvalue weighted by Gasteiger charge is -2.11. The first-order chi connectivity index (χ1) is 11.3. The van der Waals surface area contributed by atoms with Gasteiger partial charge >= 0.3 is 0 Å². The molecule has 124 valence electrons. The molecular formula is C19H20IN3O. The van der Waals surface area contributed by atoms with Crippen molar-refractivity contribution in [3.63, 3.8) is 0 Å². The zero-order valence-corrected chi connectivity index (χ0v) is 16.7. The highest BCUT2D eigenvalue weighted by molar-refractivity contribution is 14.1. The molecule has 5 heteroatoms. The zero-order valence-electron chi connectivity index (χ0n) is 14.5. The second kappa shape index (κ2) is 7.22. The molecule has 1 amide bonds.